The van der Waals surface area contributed by atoms with Crippen LogP contribution < -0.4 is 5.32 Å². The molecule has 0 spiro atoms. The lowest BCUT2D eigenvalue weighted by Crippen LogP contribution is -2.00. The van der Waals surface area contributed by atoms with Gasteiger partial charge in [0.25, 0.3) is 0 Å². The third kappa shape index (κ3) is 2.78. The van der Waals surface area contributed by atoms with Crippen molar-refractivity contribution in [2.24, 2.45) is 0 Å². The fourth-order valence-electron chi connectivity index (χ4n) is 2.26. The first-order chi connectivity index (χ1) is 11.3. The largest absolute Gasteiger partial charge is 0.356 e. The van der Waals surface area contributed by atoms with E-state index in [4.69, 9.17) is 0 Å². The van der Waals surface area contributed by atoms with Crippen LogP contribution in [0.3, 0.4) is 0 Å². The molecule has 0 radical (unpaired) electrons. The van der Waals surface area contributed by atoms with Gasteiger partial charge in [0.05, 0.1) is 11.9 Å². The zero-order valence-electron chi connectivity index (χ0n) is 12.0. The Kier molecular flexibility index (Phi) is 3.47. The van der Waals surface area contributed by atoms with Gasteiger partial charge >= 0.3 is 0 Å². The van der Waals surface area contributed by atoms with Gasteiger partial charge in [-0.15, -0.1) is 5.10 Å². The second kappa shape index (κ2) is 5.77. The topological polar surface area (TPSA) is 55.1 Å². The van der Waals surface area contributed by atoms with Crippen molar-refractivity contribution in [1.29, 1.82) is 0 Å². The minimum atomic E-state index is -0.233. The third-order valence-corrected chi connectivity index (χ3v) is 4.30. The quantitative estimate of drug-likeness (QED) is 0.623. The van der Waals surface area contributed by atoms with E-state index in [9.17, 15) is 4.39 Å². The van der Waals surface area contributed by atoms with Crippen LogP contribution in [0.5, 0.6) is 0 Å². The fraction of sp³-hybridized carbons (Fsp3) is 0.0625. The molecule has 0 aliphatic carbocycles. The Balaban J connectivity index is 1.57. The molecule has 1 aromatic carbocycles. The summed E-state index contributed by atoms with van der Waals surface area (Å²) >= 11 is 1.48. The summed E-state index contributed by atoms with van der Waals surface area (Å²) < 4.78 is 14.7. The van der Waals surface area contributed by atoms with E-state index in [1.807, 2.05) is 16.6 Å². The minimum absolute atomic E-state index is 0.233. The third-order valence-electron chi connectivity index (χ3n) is 3.42. The highest BCUT2D eigenvalue weighted by atomic mass is 32.1. The molecule has 0 fully saturated rings. The summed E-state index contributed by atoms with van der Waals surface area (Å²) in [5.41, 5.74) is 2.94. The highest BCUT2D eigenvalue weighted by molar-refractivity contribution is 7.20. The average Bonchev–Trinajstić information content (AvgIpc) is 3.15. The lowest BCUT2D eigenvalue weighted by atomic mass is 10.2. The van der Waals surface area contributed by atoms with Crippen LogP contribution in [0, 0.1) is 5.82 Å². The average molecular weight is 325 g/mol. The number of aromatic nitrogens is 4. The molecule has 114 valence electrons. The maximum absolute atomic E-state index is 12.9. The maximum atomic E-state index is 12.9. The van der Waals surface area contributed by atoms with Crippen molar-refractivity contribution in [1.82, 2.24) is 19.6 Å². The maximum Gasteiger partial charge on any atom is 0.214 e. The number of imidazole rings is 1. The number of benzene rings is 1. The smallest absolute Gasteiger partial charge is 0.214 e. The number of anilines is 1. The Morgan fingerprint density at radius 3 is 2.65 bits per heavy atom. The van der Waals surface area contributed by atoms with E-state index < -0.39 is 0 Å². The Bertz CT molecular complexity index is 930. The molecule has 3 heterocycles. The van der Waals surface area contributed by atoms with Gasteiger partial charge in [-0.1, -0.05) is 23.5 Å². The SMILES string of the molecule is Fc1ccc(CNc2nn3c(-c4ccncc4)cnc3s2)cc1. The molecule has 7 heteroatoms. The standard InChI is InChI=1S/C16H12FN5S/c17-13-3-1-11(2-4-13)9-19-15-21-22-14(10-20-16(22)23-15)12-5-7-18-8-6-12/h1-8,10H,9H2,(H,19,21). The first kappa shape index (κ1) is 13.8. The molecule has 1 N–H and O–H groups in total. The number of pyridine rings is 1. The van der Waals surface area contributed by atoms with Crippen LogP contribution in [0.25, 0.3) is 16.2 Å². The van der Waals surface area contributed by atoms with Gasteiger partial charge in [0, 0.05) is 24.5 Å². The predicted molar refractivity (Wildman–Crippen MR) is 87.8 cm³/mol. The summed E-state index contributed by atoms with van der Waals surface area (Å²) in [7, 11) is 0. The van der Waals surface area contributed by atoms with Gasteiger partial charge in [0.15, 0.2) is 0 Å². The molecule has 0 unspecified atom stereocenters. The molecule has 4 rings (SSSR count). The number of nitrogens with one attached hydrogen (secondary N) is 1. The molecule has 0 aliphatic rings. The van der Waals surface area contributed by atoms with Crippen molar-refractivity contribution in [2.75, 3.05) is 5.32 Å². The summed E-state index contributed by atoms with van der Waals surface area (Å²) in [6.07, 6.45) is 5.29. The zero-order chi connectivity index (χ0) is 15.6. The van der Waals surface area contributed by atoms with Crippen LogP contribution in [-0.4, -0.2) is 19.6 Å². The predicted octanol–water partition coefficient (Wildman–Crippen LogP) is 3.60. The van der Waals surface area contributed by atoms with Crippen molar-refractivity contribution in [2.45, 2.75) is 6.54 Å². The minimum Gasteiger partial charge on any atom is -0.356 e. The van der Waals surface area contributed by atoms with Gasteiger partial charge < -0.3 is 5.32 Å². The molecular formula is C16H12FN5S. The Hall–Kier alpha value is -2.80. The molecule has 5 nitrogen and oxygen atoms in total. The fourth-order valence-corrected chi connectivity index (χ4v) is 3.03. The first-order valence-electron chi connectivity index (χ1n) is 7.03. The second-order valence-corrected chi connectivity index (χ2v) is 5.92. The summed E-state index contributed by atoms with van der Waals surface area (Å²) in [6.45, 7) is 0.585. The van der Waals surface area contributed by atoms with Gasteiger partial charge in [0.2, 0.25) is 10.1 Å². The summed E-state index contributed by atoms with van der Waals surface area (Å²) in [5, 5.41) is 8.57. The van der Waals surface area contributed by atoms with Crippen molar-refractivity contribution < 1.29 is 4.39 Å². The summed E-state index contributed by atoms with van der Waals surface area (Å²) in [6, 6.07) is 10.3. The van der Waals surface area contributed by atoms with Crippen molar-refractivity contribution in [3.8, 4) is 11.3 Å². The van der Waals surface area contributed by atoms with Crippen molar-refractivity contribution in [3.05, 3.63) is 66.4 Å². The molecule has 3 aromatic heterocycles. The number of fused-ring (bicyclic) bond motifs is 1. The van der Waals surface area contributed by atoms with Gasteiger partial charge in [-0.3, -0.25) is 4.98 Å². The number of hydrogen-bond donors (Lipinski definition) is 1. The van der Waals surface area contributed by atoms with Gasteiger partial charge in [-0.05, 0) is 29.8 Å². The normalized spacial score (nSPS) is 11.0. The van der Waals surface area contributed by atoms with E-state index in [1.165, 1.54) is 23.5 Å². The van der Waals surface area contributed by atoms with E-state index in [2.05, 4.69) is 20.4 Å². The van der Waals surface area contributed by atoms with Crippen LogP contribution in [0.2, 0.25) is 0 Å². The Morgan fingerprint density at radius 1 is 1.09 bits per heavy atom. The van der Waals surface area contributed by atoms with Crippen molar-refractivity contribution >= 4 is 21.4 Å². The lowest BCUT2D eigenvalue weighted by Gasteiger charge is -2.02. The van der Waals surface area contributed by atoms with Crippen LogP contribution >= 0.6 is 11.3 Å². The molecule has 23 heavy (non-hydrogen) atoms. The van der Waals surface area contributed by atoms with Crippen LogP contribution in [-0.2, 0) is 6.54 Å². The molecule has 0 amide bonds. The summed E-state index contributed by atoms with van der Waals surface area (Å²) in [4.78, 5) is 9.23. The molecule has 4 aromatic rings. The Morgan fingerprint density at radius 2 is 1.87 bits per heavy atom. The number of halogens is 1. The van der Waals surface area contributed by atoms with E-state index >= 15 is 0 Å². The monoisotopic (exact) mass is 325 g/mol. The molecule has 0 aliphatic heterocycles. The molecule has 0 saturated heterocycles. The molecule has 0 bridgehead atoms. The molecule has 0 saturated carbocycles. The number of hydrogen-bond acceptors (Lipinski definition) is 5. The number of nitrogens with zero attached hydrogens (tertiary/aromatic N) is 4. The molecule has 0 atom stereocenters. The van der Waals surface area contributed by atoms with Gasteiger partial charge in [-0.25, -0.2) is 13.9 Å². The van der Waals surface area contributed by atoms with E-state index in [0.717, 1.165) is 26.9 Å². The second-order valence-electron chi connectivity index (χ2n) is 4.96. The van der Waals surface area contributed by atoms with Crippen LogP contribution in [0.4, 0.5) is 9.52 Å². The highest BCUT2D eigenvalue weighted by Crippen LogP contribution is 2.25. The Labute approximate surface area is 135 Å². The number of rotatable bonds is 4. The lowest BCUT2D eigenvalue weighted by molar-refractivity contribution is 0.627. The molecular weight excluding hydrogens is 313 g/mol. The van der Waals surface area contributed by atoms with Gasteiger partial charge in [0.1, 0.15) is 5.82 Å². The first-order valence-corrected chi connectivity index (χ1v) is 7.84. The highest BCUT2D eigenvalue weighted by Gasteiger charge is 2.11. The van der Waals surface area contributed by atoms with E-state index in [1.54, 1.807) is 30.7 Å². The zero-order valence-corrected chi connectivity index (χ0v) is 12.8. The summed E-state index contributed by atoms with van der Waals surface area (Å²) in [5.74, 6) is -0.233. The van der Waals surface area contributed by atoms with Crippen LogP contribution in [0.1, 0.15) is 5.56 Å². The van der Waals surface area contributed by atoms with E-state index in [-0.39, 0.29) is 5.82 Å². The van der Waals surface area contributed by atoms with Crippen LogP contribution in [0.15, 0.2) is 55.0 Å². The van der Waals surface area contributed by atoms with Crippen molar-refractivity contribution in [3.63, 3.8) is 0 Å². The van der Waals surface area contributed by atoms with E-state index in [0.29, 0.717) is 6.54 Å². The van der Waals surface area contributed by atoms with Gasteiger partial charge in [-0.2, -0.15) is 0 Å².